The molecule has 184 valence electrons. The number of methoxy groups -OCH3 is 1. The second-order valence-electron chi connectivity index (χ2n) is 8.19. The first-order valence-electron chi connectivity index (χ1n) is 11.2. The largest absolute Gasteiger partial charge is 0.480 e. The van der Waals surface area contributed by atoms with E-state index in [9.17, 15) is 9.18 Å². The normalized spacial score (nSPS) is 13.7. The first-order valence-corrected chi connectivity index (χ1v) is 11.2. The fourth-order valence-electron chi connectivity index (χ4n) is 4.18. The Bertz CT molecular complexity index is 1460. The molecule has 5 rings (SSSR count). The molecule has 0 aliphatic carbocycles. The molecule has 0 spiro atoms. The number of nitrogens with zero attached hydrogens (tertiary/aromatic N) is 5. The van der Waals surface area contributed by atoms with E-state index in [0.717, 1.165) is 24.8 Å². The van der Waals surface area contributed by atoms with Crippen molar-refractivity contribution < 1.29 is 23.0 Å². The second kappa shape index (κ2) is 9.78. The van der Waals surface area contributed by atoms with Crippen LogP contribution in [-0.2, 0) is 16.0 Å². The fourth-order valence-corrected chi connectivity index (χ4v) is 4.18. The van der Waals surface area contributed by atoms with Gasteiger partial charge in [-0.1, -0.05) is 0 Å². The molecular formula is C25H22F2N6O3. The molecule has 1 aliphatic rings. The number of morpholine rings is 1. The minimum Gasteiger partial charge on any atom is -0.480 e. The maximum absolute atomic E-state index is 15.0. The number of nitrogens with two attached hydrogens (primary N) is 1. The van der Waals surface area contributed by atoms with E-state index in [4.69, 9.17) is 15.2 Å². The van der Waals surface area contributed by atoms with E-state index >= 15 is 4.39 Å². The molecule has 1 amide bonds. The number of primary amides is 1. The summed E-state index contributed by atoms with van der Waals surface area (Å²) in [6, 6.07) is 7.80. The lowest BCUT2D eigenvalue weighted by molar-refractivity contribution is -0.117. The van der Waals surface area contributed by atoms with Gasteiger partial charge in [0.2, 0.25) is 11.8 Å². The highest BCUT2D eigenvalue weighted by Gasteiger charge is 2.20. The molecule has 11 heteroatoms. The van der Waals surface area contributed by atoms with Crippen molar-refractivity contribution in [2.75, 3.05) is 38.3 Å². The Hall–Kier alpha value is -4.25. The highest BCUT2D eigenvalue weighted by molar-refractivity contribution is 5.94. The van der Waals surface area contributed by atoms with Gasteiger partial charge < -0.3 is 20.1 Å². The molecule has 0 bridgehead atoms. The van der Waals surface area contributed by atoms with Crippen LogP contribution in [-0.4, -0.2) is 59.3 Å². The van der Waals surface area contributed by atoms with Crippen LogP contribution in [0.25, 0.3) is 33.4 Å². The molecule has 0 radical (unpaired) electrons. The number of halogens is 2. The first kappa shape index (κ1) is 23.5. The molecule has 3 heterocycles. The second-order valence-corrected chi connectivity index (χ2v) is 8.19. The van der Waals surface area contributed by atoms with Crippen molar-refractivity contribution >= 4 is 22.5 Å². The summed E-state index contributed by atoms with van der Waals surface area (Å²) in [6.45, 7) is 2.83. The van der Waals surface area contributed by atoms with Crippen molar-refractivity contribution in [3.05, 3.63) is 60.2 Å². The molecule has 9 nitrogen and oxygen atoms in total. The predicted octanol–water partition coefficient (Wildman–Crippen LogP) is 2.91. The lowest BCUT2D eigenvalue weighted by atomic mass is 10.0. The van der Waals surface area contributed by atoms with Crippen LogP contribution in [0.4, 0.5) is 14.5 Å². The summed E-state index contributed by atoms with van der Waals surface area (Å²) < 4.78 is 40.5. The topological polar surface area (TPSA) is 116 Å². The lowest BCUT2D eigenvalue weighted by Gasteiger charge is -2.29. The Morgan fingerprint density at radius 3 is 2.61 bits per heavy atom. The Morgan fingerprint density at radius 2 is 1.86 bits per heavy atom. The molecule has 36 heavy (non-hydrogen) atoms. The van der Waals surface area contributed by atoms with Crippen molar-refractivity contribution in [1.29, 1.82) is 0 Å². The Balaban J connectivity index is 1.58. The highest BCUT2D eigenvalue weighted by atomic mass is 19.1. The predicted molar refractivity (Wildman–Crippen MR) is 128 cm³/mol. The zero-order valence-corrected chi connectivity index (χ0v) is 19.4. The van der Waals surface area contributed by atoms with E-state index in [1.54, 1.807) is 0 Å². The van der Waals surface area contributed by atoms with E-state index < -0.39 is 17.5 Å². The third-order valence-corrected chi connectivity index (χ3v) is 5.93. The number of carbonyl (C=O) groups is 1. The van der Waals surface area contributed by atoms with Crippen molar-refractivity contribution in [3.8, 4) is 28.4 Å². The summed E-state index contributed by atoms with van der Waals surface area (Å²) in [7, 11) is 1.35. The van der Waals surface area contributed by atoms with Crippen LogP contribution >= 0.6 is 0 Å². The zero-order valence-electron chi connectivity index (χ0n) is 19.4. The highest BCUT2D eigenvalue weighted by Crippen LogP contribution is 2.34. The van der Waals surface area contributed by atoms with Crippen LogP contribution in [0.2, 0.25) is 0 Å². The number of ether oxygens (including phenoxy) is 2. The average molecular weight is 492 g/mol. The number of rotatable bonds is 6. The number of hydrogen-bond donors (Lipinski definition) is 1. The Labute approximate surface area is 204 Å². The molecule has 0 atom stereocenters. The number of hydrogen-bond acceptors (Lipinski definition) is 8. The van der Waals surface area contributed by atoms with Gasteiger partial charge in [-0.05, 0) is 24.3 Å². The summed E-state index contributed by atoms with van der Waals surface area (Å²) in [6.07, 6.45) is 2.45. The molecule has 4 aromatic rings. The summed E-state index contributed by atoms with van der Waals surface area (Å²) >= 11 is 0. The SMILES string of the molecule is COc1nc(-c2cc(-c3ncnc4cc(N5CCOCC5)ccc34)c(F)cc2F)cnc1CC(N)=O. The summed E-state index contributed by atoms with van der Waals surface area (Å²) in [5.41, 5.74) is 7.57. The van der Waals surface area contributed by atoms with Gasteiger partial charge in [-0.3, -0.25) is 9.78 Å². The standard InChI is InChI=1S/C25H22F2N6O3/c1-35-25-21(11-23(28)34)29-12-22(32-25)16-9-17(19(27)10-18(16)26)24-15-3-2-14(8-20(15)30-13-31-24)33-4-6-36-7-5-33/h2-3,8-10,12-13H,4-7,11H2,1H3,(H2,28,34). The maximum atomic E-state index is 15.0. The average Bonchev–Trinajstić information content (AvgIpc) is 2.89. The molecule has 2 aromatic heterocycles. The van der Waals surface area contributed by atoms with E-state index in [2.05, 4.69) is 24.8 Å². The van der Waals surface area contributed by atoms with Gasteiger partial charge in [-0.15, -0.1) is 0 Å². The van der Waals surface area contributed by atoms with Gasteiger partial charge >= 0.3 is 0 Å². The number of amides is 1. The summed E-state index contributed by atoms with van der Waals surface area (Å²) in [5.74, 6) is -2.19. The van der Waals surface area contributed by atoms with Gasteiger partial charge in [0.05, 0.1) is 49.8 Å². The molecule has 0 saturated carbocycles. The molecule has 1 fully saturated rings. The van der Waals surface area contributed by atoms with Gasteiger partial charge in [0, 0.05) is 41.4 Å². The Morgan fingerprint density at radius 1 is 1.08 bits per heavy atom. The molecular weight excluding hydrogens is 470 g/mol. The molecule has 1 saturated heterocycles. The van der Waals surface area contributed by atoms with Crippen molar-refractivity contribution in [2.24, 2.45) is 5.73 Å². The van der Waals surface area contributed by atoms with Crippen LogP contribution < -0.4 is 15.4 Å². The number of aromatic nitrogens is 4. The van der Waals surface area contributed by atoms with Crippen LogP contribution in [0.15, 0.2) is 42.9 Å². The zero-order chi connectivity index (χ0) is 25.2. The smallest absolute Gasteiger partial charge is 0.236 e. The molecule has 0 unspecified atom stereocenters. The van der Waals surface area contributed by atoms with Crippen LogP contribution in [0, 0.1) is 11.6 Å². The van der Waals surface area contributed by atoms with Crippen molar-refractivity contribution in [2.45, 2.75) is 6.42 Å². The minimum atomic E-state index is -0.830. The number of fused-ring (bicyclic) bond motifs is 1. The van der Waals surface area contributed by atoms with Crippen LogP contribution in [0.3, 0.4) is 0 Å². The van der Waals surface area contributed by atoms with Crippen LogP contribution in [0.1, 0.15) is 5.69 Å². The monoisotopic (exact) mass is 492 g/mol. The summed E-state index contributed by atoms with van der Waals surface area (Å²) in [4.78, 5) is 30.6. The maximum Gasteiger partial charge on any atom is 0.236 e. The number of carbonyl (C=O) groups excluding carboxylic acids is 1. The van der Waals surface area contributed by atoms with Gasteiger partial charge in [0.15, 0.2) is 0 Å². The molecule has 2 N–H and O–H groups in total. The molecule has 1 aliphatic heterocycles. The van der Waals surface area contributed by atoms with Gasteiger partial charge in [0.25, 0.3) is 0 Å². The lowest BCUT2D eigenvalue weighted by Crippen LogP contribution is -2.36. The third kappa shape index (κ3) is 4.52. The van der Waals surface area contributed by atoms with E-state index in [1.165, 1.54) is 25.7 Å². The fraction of sp³-hybridized carbons (Fsp3) is 0.240. The number of anilines is 1. The third-order valence-electron chi connectivity index (χ3n) is 5.93. The Kier molecular flexibility index (Phi) is 6.38. The first-order chi connectivity index (χ1) is 17.4. The van der Waals surface area contributed by atoms with Crippen molar-refractivity contribution in [3.63, 3.8) is 0 Å². The quantitative estimate of drug-likeness (QED) is 0.437. The van der Waals surface area contributed by atoms with E-state index in [1.807, 2.05) is 18.2 Å². The van der Waals surface area contributed by atoms with Crippen LogP contribution in [0.5, 0.6) is 5.88 Å². The summed E-state index contributed by atoms with van der Waals surface area (Å²) in [5, 5.41) is 0.617. The van der Waals surface area contributed by atoms with E-state index in [0.29, 0.717) is 29.8 Å². The molecule has 2 aromatic carbocycles. The van der Waals surface area contributed by atoms with E-state index in [-0.39, 0.29) is 34.8 Å². The van der Waals surface area contributed by atoms with Gasteiger partial charge in [-0.25, -0.2) is 23.7 Å². The van der Waals surface area contributed by atoms with Gasteiger partial charge in [-0.2, -0.15) is 0 Å². The number of benzene rings is 2. The van der Waals surface area contributed by atoms with Crippen molar-refractivity contribution in [1.82, 2.24) is 19.9 Å². The minimum absolute atomic E-state index is 0.000441. The van der Waals surface area contributed by atoms with Gasteiger partial charge in [0.1, 0.15) is 23.7 Å².